The maximum absolute atomic E-state index is 13.1. The zero-order chi connectivity index (χ0) is 22.2. The molecule has 2 aromatic heterocycles. The average Bonchev–Trinajstić information content (AvgIpc) is 3.03. The molecule has 32 heavy (non-hydrogen) atoms. The smallest absolute Gasteiger partial charge is 0.256 e. The van der Waals surface area contributed by atoms with E-state index >= 15 is 0 Å². The summed E-state index contributed by atoms with van der Waals surface area (Å²) in [7, 11) is 0. The molecule has 5 rings (SSSR count). The molecule has 0 aliphatic carbocycles. The van der Waals surface area contributed by atoms with Crippen LogP contribution in [0.1, 0.15) is 40.0 Å². The molecule has 2 N–H and O–H groups in total. The first-order valence-corrected chi connectivity index (χ1v) is 10.7. The van der Waals surface area contributed by atoms with E-state index in [4.69, 9.17) is 4.98 Å². The Labute approximate surface area is 185 Å². The number of aryl methyl sites for hydroxylation is 3. The quantitative estimate of drug-likeness (QED) is 0.503. The van der Waals surface area contributed by atoms with Crippen molar-refractivity contribution in [3.8, 4) is 5.82 Å². The number of amides is 2. The number of rotatable bonds is 3. The molecule has 0 bridgehead atoms. The number of hydrogen-bond donors (Lipinski definition) is 2. The summed E-state index contributed by atoms with van der Waals surface area (Å²) in [4.78, 5) is 29.6. The molecule has 3 heterocycles. The van der Waals surface area contributed by atoms with E-state index in [1.165, 1.54) is 0 Å². The predicted octanol–water partition coefficient (Wildman–Crippen LogP) is 4.56. The minimum Gasteiger partial charge on any atom is -0.326 e. The molecule has 0 unspecified atom stereocenters. The molecule has 0 saturated heterocycles. The van der Waals surface area contributed by atoms with Crippen LogP contribution in [0.25, 0.3) is 16.7 Å². The topological polar surface area (TPSA) is 88.9 Å². The number of carbonyl (C=O) groups is 2. The summed E-state index contributed by atoms with van der Waals surface area (Å²) in [5, 5.41) is 11.5. The first kappa shape index (κ1) is 19.9. The number of nitrogens with zero attached hydrogens (tertiary/aromatic N) is 3. The number of nitrogens with one attached hydrogen (secondary N) is 2. The van der Waals surface area contributed by atoms with E-state index in [1.54, 1.807) is 16.8 Å². The van der Waals surface area contributed by atoms with Gasteiger partial charge in [-0.2, -0.15) is 9.78 Å². The third kappa shape index (κ3) is 3.73. The second-order valence-corrected chi connectivity index (χ2v) is 8.13. The van der Waals surface area contributed by atoms with Crippen LogP contribution in [-0.4, -0.2) is 26.6 Å². The number of carbonyl (C=O) groups excluding carboxylic acids is 2. The Morgan fingerprint density at radius 2 is 1.91 bits per heavy atom. The lowest BCUT2D eigenvalue weighted by molar-refractivity contribution is -0.116. The molecule has 0 saturated carbocycles. The predicted molar refractivity (Wildman–Crippen MR) is 124 cm³/mol. The Balaban J connectivity index is 1.47. The number of anilines is 2. The summed E-state index contributed by atoms with van der Waals surface area (Å²) in [5.74, 6) is 0.979. The molecular weight excluding hydrogens is 402 g/mol. The summed E-state index contributed by atoms with van der Waals surface area (Å²) in [6.45, 7) is 3.92. The third-order valence-corrected chi connectivity index (χ3v) is 5.69. The minimum atomic E-state index is -0.234. The van der Waals surface area contributed by atoms with E-state index in [9.17, 15) is 9.59 Å². The second-order valence-electron chi connectivity index (χ2n) is 8.13. The van der Waals surface area contributed by atoms with Crippen LogP contribution in [0.5, 0.6) is 0 Å². The van der Waals surface area contributed by atoms with Crippen molar-refractivity contribution in [2.24, 2.45) is 0 Å². The molecule has 0 spiro atoms. The van der Waals surface area contributed by atoms with Crippen molar-refractivity contribution in [2.75, 3.05) is 10.6 Å². The standard InChI is InChI=1S/C25H23N5O2/c1-15-12-22(26-21-8-4-3-7-19(15)21)30-23(13-16(2)29-30)28-25(32)18-10-11-20-17(14-18)6-5-9-24(31)27-20/h3-4,7-8,10-14H,5-6,9H2,1-2H3,(H,27,31)(H,28,32). The van der Waals surface area contributed by atoms with Crippen LogP contribution >= 0.6 is 0 Å². The summed E-state index contributed by atoms with van der Waals surface area (Å²) >= 11 is 0. The number of pyridine rings is 1. The van der Waals surface area contributed by atoms with Crippen LogP contribution in [0.3, 0.4) is 0 Å². The maximum Gasteiger partial charge on any atom is 0.256 e. The lowest BCUT2D eigenvalue weighted by Gasteiger charge is -2.12. The lowest BCUT2D eigenvalue weighted by Crippen LogP contribution is -2.16. The molecule has 7 heteroatoms. The highest BCUT2D eigenvalue weighted by atomic mass is 16.2. The van der Waals surface area contributed by atoms with Gasteiger partial charge in [-0.1, -0.05) is 18.2 Å². The highest BCUT2D eigenvalue weighted by Crippen LogP contribution is 2.25. The van der Waals surface area contributed by atoms with Gasteiger partial charge in [-0.3, -0.25) is 9.59 Å². The van der Waals surface area contributed by atoms with E-state index in [2.05, 4.69) is 15.7 Å². The first-order valence-electron chi connectivity index (χ1n) is 10.7. The number of fused-ring (bicyclic) bond motifs is 2. The monoisotopic (exact) mass is 425 g/mol. The van der Waals surface area contributed by atoms with Crippen LogP contribution in [0.4, 0.5) is 11.5 Å². The fourth-order valence-electron chi connectivity index (χ4n) is 4.11. The van der Waals surface area contributed by atoms with Gasteiger partial charge in [-0.15, -0.1) is 0 Å². The van der Waals surface area contributed by atoms with Gasteiger partial charge in [0.15, 0.2) is 5.82 Å². The Morgan fingerprint density at radius 1 is 1.06 bits per heavy atom. The number of para-hydroxylation sites is 1. The van der Waals surface area contributed by atoms with Gasteiger partial charge >= 0.3 is 0 Å². The van der Waals surface area contributed by atoms with Crippen LogP contribution in [0, 0.1) is 13.8 Å². The second kappa shape index (κ2) is 7.92. The van der Waals surface area contributed by atoms with E-state index in [0.29, 0.717) is 23.6 Å². The highest BCUT2D eigenvalue weighted by molar-refractivity contribution is 6.05. The van der Waals surface area contributed by atoms with Crippen molar-refractivity contribution in [2.45, 2.75) is 33.1 Å². The zero-order valence-electron chi connectivity index (χ0n) is 18.0. The van der Waals surface area contributed by atoms with Crippen LogP contribution in [0.15, 0.2) is 54.6 Å². The molecule has 2 amide bonds. The zero-order valence-corrected chi connectivity index (χ0v) is 18.0. The Morgan fingerprint density at radius 3 is 2.78 bits per heavy atom. The number of hydrogen-bond acceptors (Lipinski definition) is 4. The lowest BCUT2D eigenvalue weighted by atomic mass is 10.0. The number of aromatic nitrogens is 3. The van der Waals surface area contributed by atoms with Crippen molar-refractivity contribution >= 4 is 34.2 Å². The van der Waals surface area contributed by atoms with Gasteiger partial charge in [0.25, 0.3) is 5.91 Å². The summed E-state index contributed by atoms with van der Waals surface area (Å²) in [5.41, 5.74) is 5.02. The molecular formula is C25H23N5O2. The molecule has 7 nitrogen and oxygen atoms in total. The molecule has 0 fully saturated rings. The first-order chi connectivity index (χ1) is 15.5. The van der Waals surface area contributed by atoms with E-state index in [1.807, 2.05) is 56.3 Å². The van der Waals surface area contributed by atoms with E-state index in [-0.39, 0.29) is 11.8 Å². The molecule has 2 aromatic carbocycles. The minimum absolute atomic E-state index is 0.0125. The van der Waals surface area contributed by atoms with E-state index < -0.39 is 0 Å². The fourth-order valence-corrected chi connectivity index (χ4v) is 4.11. The Hall–Kier alpha value is -4.00. The fraction of sp³-hybridized carbons (Fsp3) is 0.200. The molecule has 4 aromatic rings. The van der Waals surface area contributed by atoms with E-state index in [0.717, 1.165) is 46.3 Å². The van der Waals surface area contributed by atoms with Crippen molar-refractivity contribution in [1.29, 1.82) is 0 Å². The van der Waals surface area contributed by atoms with Crippen molar-refractivity contribution < 1.29 is 9.59 Å². The molecule has 0 atom stereocenters. The van der Waals surface area contributed by atoms with Crippen LogP contribution < -0.4 is 10.6 Å². The summed E-state index contributed by atoms with van der Waals surface area (Å²) < 4.78 is 1.66. The Kier molecular flexibility index (Phi) is 4.93. The van der Waals surface area contributed by atoms with Gasteiger partial charge in [-0.05, 0) is 68.1 Å². The molecule has 160 valence electrons. The summed E-state index contributed by atoms with van der Waals surface area (Å²) in [6, 6.07) is 17.1. The van der Waals surface area contributed by atoms with Crippen molar-refractivity contribution in [3.05, 3.63) is 77.0 Å². The molecule has 0 radical (unpaired) electrons. The van der Waals surface area contributed by atoms with Crippen LogP contribution in [0.2, 0.25) is 0 Å². The molecule has 1 aliphatic rings. The number of benzene rings is 2. The van der Waals surface area contributed by atoms with Gasteiger partial charge in [0, 0.05) is 29.1 Å². The average molecular weight is 425 g/mol. The molecule has 1 aliphatic heterocycles. The van der Waals surface area contributed by atoms with Gasteiger partial charge in [0.05, 0.1) is 11.2 Å². The summed E-state index contributed by atoms with van der Waals surface area (Å²) in [6.07, 6.45) is 2.02. The van der Waals surface area contributed by atoms with Crippen molar-refractivity contribution in [1.82, 2.24) is 14.8 Å². The normalized spacial score (nSPS) is 13.4. The Bertz CT molecular complexity index is 1370. The van der Waals surface area contributed by atoms with Crippen LogP contribution in [-0.2, 0) is 11.2 Å². The highest BCUT2D eigenvalue weighted by Gasteiger charge is 2.18. The van der Waals surface area contributed by atoms with Gasteiger partial charge in [0.1, 0.15) is 5.82 Å². The van der Waals surface area contributed by atoms with Gasteiger partial charge < -0.3 is 10.6 Å². The van der Waals surface area contributed by atoms with Gasteiger partial charge in [-0.25, -0.2) is 4.98 Å². The maximum atomic E-state index is 13.1. The third-order valence-electron chi connectivity index (χ3n) is 5.69. The van der Waals surface area contributed by atoms with Crippen molar-refractivity contribution in [3.63, 3.8) is 0 Å². The SMILES string of the molecule is Cc1cc(NC(=O)c2ccc3c(c2)CCCC(=O)N3)n(-c2cc(C)c3ccccc3n2)n1. The van der Waals surface area contributed by atoms with Gasteiger partial charge in [0.2, 0.25) is 5.91 Å². The largest absolute Gasteiger partial charge is 0.326 e.